The summed E-state index contributed by atoms with van der Waals surface area (Å²) in [4.78, 5) is 16.4. The fourth-order valence-electron chi connectivity index (χ4n) is 2.09. The quantitative estimate of drug-likeness (QED) is 0.889. The number of amides is 1. The molecular formula is C14H19ClN4O2. The number of aryl methyl sites for hydroxylation is 2. The van der Waals surface area contributed by atoms with E-state index in [0.717, 1.165) is 5.82 Å². The van der Waals surface area contributed by atoms with Crippen molar-refractivity contribution in [1.29, 1.82) is 0 Å². The van der Waals surface area contributed by atoms with E-state index in [9.17, 15) is 4.79 Å². The van der Waals surface area contributed by atoms with Crippen LogP contribution in [0.2, 0.25) is 5.15 Å². The summed E-state index contributed by atoms with van der Waals surface area (Å²) in [5, 5.41) is 6.90. The SMILES string of the molecule is CC(C)C(NC(=O)CCc1cc(Cl)no1)c1nccn1C. The van der Waals surface area contributed by atoms with Crippen molar-refractivity contribution in [3.05, 3.63) is 35.2 Å². The highest BCUT2D eigenvalue weighted by atomic mass is 35.5. The van der Waals surface area contributed by atoms with E-state index in [4.69, 9.17) is 16.1 Å². The maximum absolute atomic E-state index is 12.1. The number of hydrogen-bond donors (Lipinski definition) is 1. The highest BCUT2D eigenvalue weighted by molar-refractivity contribution is 6.29. The van der Waals surface area contributed by atoms with Crippen molar-refractivity contribution in [2.45, 2.75) is 32.7 Å². The molecule has 1 amide bonds. The number of hydrogen-bond acceptors (Lipinski definition) is 4. The van der Waals surface area contributed by atoms with Crippen molar-refractivity contribution < 1.29 is 9.32 Å². The Morgan fingerprint density at radius 3 is 2.81 bits per heavy atom. The van der Waals surface area contributed by atoms with Crippen molar-refractivity contribution in [1.82, 2.24) is 20.0 Å². The first-order valence-electron chi connectivity index (χ1n) is 6.85. The van der Waals surface area contributed by atoms with Gasteiger partial charge in [0.25, 0.3) is 0 Å². The molecule has 2 aromatic heterocycles. The van der Waals surface area contributed by atoms with E-state index in [-0.39, 0.29) is 17.9 Å². The van der Waals surface area contributed by atoms with E-state index < -0.39 is 0 Å². The van der Waals surface area contributed by atoms with E-state index in [2.05, 4.69) is 29.3 Å². The molecule has 1 atom stereocenters. The Morgan fingerprint density at radius 1 is 1.52 bits per heavy atom. The van der Waals surface area contributed by atoms with Gasteiger partial charge in [0, 0.05) is 38.3 Å². The number of carbonyl (C=O) groups excluding carboxylic acids is 1. The van der Waals surface area contributed by atoms with Gasteiger partial charge >= 0.3 is 0 Å². The maximum atomic E-state index is 12.1. The van der Waals surface area contributed by atoms with Crippen molar-refractivity contribution in [2.24, 2.45) is 13.0 Å². The van der Waals surface area contributed by atoms with Crippen LogP contribution in [0.5, 0.6) is 0 Å². The summed E-state index contributed by atoms with van der Waals surface area (Å²) in [7, 11) is 1.92. The number of imidazole rings is 1. The van der Waals surface area contributed by atoms with Crippen LogP contribution in [0.25, 0.3) is 0 Å². The summed E-state index contributed by atoms with van der Waals surface area (Å²) in [5.41, 5.74) is 0. The van der Waals surface area contributed by atoms with Crippen LogP contribution in [0.3, 0.4) is 0 Å². The first-order valence-corrected chi connectivity index (χ1v) is 7.23. The molecule has 1 unspecified atom stereocenters. The van der Waals surface area contributed by atoms with Gasteiger partial charge in [-0.05, 0) is 5.92 Å². The number of aromatic nitrogens is 3. The van der Waals surface area contributed by atoms with Crippen LogP contribution in [-0.2, 0) is 18.3 Å². The van der Waals surface area contributed by atoms with Crippen LogP contribution >= 0.6 is 11.6 Å². The third-order valence-corrected chi connectivity index (χ3v) is 3.43. The van der Waals surface area contributed by atoms with E-state index in [1.165, 1.54) is 0 Å². The molecular weight excluding hydrogens is 292 g/mol. The van der Waals surface area contributed by atoms with Gasteiger partial charge in [0.2, 0.25) is 5.91 Å². The molecule has 0 spiro atoms. The van der Waals surface area contributed by atoms with Crippen LogP contribution in [0.4, 0.5) is 0 Å². The zero-order valence-electron chi connectivity index (χ0n) is 12.3. The summed E-state index contributed by atoms with van der Waals surface area (Å²) < 4.78 is 6.90. The molecule has 0 saturated heterocycles. The number of nitrogens with one attached hydrogen (secondary N) is 1. The van der Waals surface area contributed by atoms with Gasteiger partial charge in [-0.15, -0.1) is 0 Å². The largest absolute Gasteiger partial charge is 0.360 e. The summed E-state index contributed by atoms with van der Waals surface area (Å²) in [6, 6.07) is 1.50. The van der Waals surface area contributed by atoms with E-state index in [1.807, 2.05) is 17.8 Å². The lowest BCUT2D eigenvalue weighted by atomic mass is 10.0. The third-order valence-electron chi connectivity index (χ3n) is 3.25. The molecule has 2 rings (SSSR count). The van der Waals surface area contributed by atoms with Crippen LogP contribution in [0, 0.1) is 5.92 Å². The number of halogens is 1. The van der Waals surface area contributed by atoms with Crippen LogP contribution in [0.1, 0.15) is 37.9 Å². The van der Waals surface area contributed by atoms with Crippen molar-refractivity contribution >= 4 is 17.5 Å². The fraction of sp³-hybridized carbons (Fsp3) is 0.500. The van der Waals surface area contributed by atoms with Crippen LogP contribution in [-0.4, -0.2) is 20.6 Å². The fourth-order valence-corrected chi connectivity index (χ4v) is 2.25. The molecule has 0 bridgehead atoms. The van der Waals surface area contributed by atoms with Gasteiger partial charge < -0.3 is 14.4 Å². The minimum absolute atomic E-state index is 0.0516. The Bertz CT molecular complexity index is 606. The number of carbonyl (C=O) groups is 1. The van der Waals surface area contributed by atoms with E-state index >= 15 is 0 Å². The monoisotopic (exact) mass is 310 g/mol. The Morgan fingerprint density at radius 2 is 2.29 bits per heavy atom. The topological polar surface area (TPSA) is 73.0 Å². The molecule has 0 saturated carbocycles. The highest BCUT2D eigenvalue weighted by Gasteiger charge is 2.22. The molecule has 7 heteroatoms. The predicted octanol–water partition coefficient (Wildman–Crippen LogP) is 2.51. The molecule has 2 aromatic rings. The van der Waals surface area contributed by atoms with Gasteiger partial charge in [0.15, 0.2) is 5.15 Å². The van der Waals surface area contributed by atoms with Crippen LogP contribution in [0.15, 0.2) is 23.0 Å². The molecule has 0 aromatic carbocycles. The third kappa shape index (κ3) is 4.07. The lowest BCUT2D eigenvalue weighted by Gasteiger charge is -2.22. The van der Waals surface area contributed by atoms with Crippen molar-refractivity contribution in [3.8, 4) is 0 Å². The summed E-state index contributed by atoms with van der Waals surface area (Å²) in [6.07, 6.45) is 4.39. The molecule has 2 heterocycles. The first kappa shape index (κ1) is 15.6. The Kier molecular flexibility index (Phi) is 5.01. The zero-order chi connectivity index (χ0) is 15.4. The molecule has 114 valence electrons. The second kappa shape index (κ2) is 6.76. The maximum Gasteiger partial charge on any atom is 0.221 e. The molecule has 0 aliphatic rings. The van der Waals surface area contributed by atoms with Crippen LogP contribution < -0.4 is 5.32 Å². The Labute approximate surface area is 128 Å². The minimum Gasteiger partial charge on any atom is -0.360 e. The molecule has 0 aliphatic heterocycles. The van der Waals surface area contributed by atoms with Crippen molar-refractivity contribution in [3.63, 3.8) is 0 Å². The zero-order valence-corrected chi connectivity index (χ0v) is 13.1. The molecule has 0 fully saturated rings. The van der Waals surface area contributed by atoms with Gasteiger partial charge in [-0.1, -0.05) is 30.6 Å². The van der Waals surface area contributed by atoms with Crippen molar-refractivity contribution in [2.75, 3.05) is 0 Å². The minimum atomic E-state index is -0.115. The van der Waals surface area contributed by atoms with Gasteiger partial charge in [0.1, 0.15) is 11.6 Å². The summed E-state index contributed by atoms with van der Waals surface area (Å²) in [6.45, 7) is 4.10. The standard InChI is InChI=1S/C14H19ClN4O2/c1-9(2)13(14-16-6-7-19(14)3)17-12(20)5-4-10-8-11(15)18-21-10/h6-9,13H,4-5H2,1-3H3,(H,17,20). The average molecular weight is 311 g/mol. The molecule has 0 aliphatic carbocycles. The van der Waals surface area contributed by atoms with E-state index in [0.29, 0.717) is 23.8 Å². The smallest absolute Gasteiger partial charge is 0.221 e. The Balaban J connectivity index is 1.94. The second-order valence-electron chi connectivity index (χ2n) is 5.30. The molecule has 0 radical (unpaired) electrons. The normalized spacial score (nSPS) is 12.6. The van der Waals surface area contributed by atoms with Gasteiger partial charge in [-0.2, -0.15) is 0 Å². The lowest BCUT2D eigenvalue weighted by molar-refractivity contribution is -0.122. The molecule has 6 nitrogen and oxygen atoms in total. The van der Waals surface area contributed by atoms with Gasteiger partial charge in [0.05, 0.1) is 6.04 Å². The lowest BCUT2D eigenvalue weighted by Crippen LogP contribution is -2.33. The number of nitrogens with zero attached hydrogens (tertiary/aromatic N) is 3. The van der Waals surface area contributed by atoms with E-state index in [1.54, 1.807) is 12.3 Å². The highest BCUT2D eigenvalue weighted by Crippen LogP contribution is 2.20. The number of rotatable bonds is 6. The first-order chi connectivity index (χ1) is 9.97. The van der Waals surface area contributed by atoms with Gasteiger partial charge in [-0.3, -0.25) is 4.79 Å². The predicted molar refractivity (Wildman–Crippen MR) is 78.8 cm³/mol. The molecule has 1 N–H and O–H groups in total. The average Bonchev–Trinajstić information content (AvgIpc) is 3.02. The Hall–Kier alpha value is -1.82. The second-order valence-corrected chi connectivity index (χ2v) is 5.69. The summed E-state index contributed by atoms with van der Waals surface area (Å²) >= 11 is 5.67. The molecule has 21 heavy (non-hydrogen) atoms. The van der Waals surface area contributed by atoms with Gasteiger partial charge in [-0.25, -0.2) is 4.98 Å². The summed E-state index contributed by atoms with van der Waals surface area (Å²) in [5.74, 6) is 1.65.